The molecule has 0 spiro atoms. The third-order valence-corrected chi connectivity index (χ3v) is 4.46. The summed E-state index contributed by atoms with van der Waals surface area (Å²) < 4.78 is 1.15. The SMILES string of the molecule is O=C(NCCCN1CCCCCC1)c1ccc(I)cc1. The lowest BCUT2D eigenvalue weighted by Gasteiger charge is -2.19. The molecule has 1 fully saturated rings. The van der Waals surface area contributed by atoms with E-state index >= 15 is 0 Å². The molecule has 1 aromatic rings. The van der Waals surface area contributed by atoms with E-state index in [2.05, 4.69) is 32.8 Å². The zero-order valence-corrected chi connectivity index (χ0v) is 14.1. The molecule has 3 nitrogen and oxygen atoms in total. The summed E-state index contributed by atoms with van der Waals surface area (Å²) in [4.78, 5) is 14.5. The van der Waals surface area contributed by atoms with Crippen molar-refractivity contribution in [2.24, 2.45) is 0 Å². The lowest BCUT2D eigenvalue weighted by atomic mass is 10.2. The topological polar surface area (TPSA) is 32.3 Å². The quantitative estimate of drug-likeness (QED) is 0.622. The number of hydrogen-bond acceptors (Lipinski definition) is 2. The Morgan fingerprint density at radius 2 is 1.75 bits per heavy atom. The van der Waals surface area contributed by atoms with Gasteiger partial charge in [-0.2, -0.15) is 0 Å². The van der Waals surface area contributed by atoms with Crippen LogP contribution in [0, 0.1) is 3.57 Å². The Morgan fingerprint density at radius 1 is 1.10 bits per heavy atom. The molecule has 1 aliphatic heterocycles. The number of benzene rings is 1. The van der Waals surface area contributed by atoms with Gasteiger partial charge in [0.15, 0.2) is 0 Å². The van der Waals surface area contributed by atoms with Gasteiger partial charge in [-0.3, -0.25) is 4.79 Å². The first-order valence-corrected chi connectivity index (χ1v) is 8.60. The minimum absolute atomic E-state index is 0.0391. The maximum atomic E-state index is 11.9. The van der Waals surface area contributed by atoms with Gasteiger partial charge in [0.25, 0.3) is 5.91 Å². The number of nitrogens with zero attached hydrogens (tertiary/aromatic N) is 1. The van der Waals surface area contributed by atoms with Crippen LogP contribution in [0.5, 0.6) is 0 Å². The summed E-state index contributed by atoms with van der Waals surface area (Å²) in [5, 5.41) is 3.01. The fourth-order valence-corrected chi connectivity index (χ4v) is 2.93. The molecule has 0 aliphatic carbocycles. The van der Waals surface area contributed by atoms with Crippen LogP contribution in [0.25, 0.3) is 0 Å². The van der Waals surface area contributed by atoms with Gasteiger partial charge in [0, 0.05) is 15.7 Å². The van der Waals surface area contributed by atoms with Gasteiger partial charge >= 0.3 is 0 Å². The molecule has 20 heavy (non-hydrogen) atoms. The highest BCUT2D eigenvalue weighted by Crippen LogP contribution is 2.09. The molecule has 1 aromatic carbocycles. The predicted octanol–water partition coefficient (Wildman–Crippen LogP) is 3.29. The van der Waals surface area contributed by atoms with Crippen LogP contribution < -0.4 is 5.32 Å². The van der Waals surface area contributed by atoms with Gasteiger partial charge < -0.3 is 10.2 Å². The van der Waals surface area contributed by atoms with Gasteiger partial charge in [-0.1, -0.05) is 12.8 Å². The summed E-state index contributed by atoms with van der Waals surface area (Å²) in [6, 6.07) is 7.69. The van der Waals surface area contributed by atoms with E-state index in [1.54, 1.807) is 0 Å². The van der Waals surface area contributed by atoms with Crippen molar-refractivity contribution >= 4 is 28.5 Å². The molecule has 0 unspecified atom stereocenters. The molecule has 1 saturated heterocycles. The Bertz CT molecular complexity index is 411. The molecular weight excluding hydrogens is 363 g/mol. The van der Waals surface area contributed by atoms with Crippen molar-refractivity contribution in [3.05, 3.63) is 33.4 Å². The van der Waals surface area contributed by atoms with Crippen molar-refractivity contribution < 1.29 is 4.79 Å². The summed E-state index contributed by atoms with van der Waals surface area (Å²) in [5.41, 5.74) is 0.750. The Hall–Kier alpha value is -0.620. The van der Waals surface area contributed by atoms with Crippen molar-refractivity contribution in [3.63, 3.8) is 0 Å². The minimum Gasteiger partial charge on any atom is -0.352 e. The lowest BCUT2D eigenvalue weighted by molar-refractivity contribution is 0.0951. The number of amides is 1. The second kappa shape index (κ2) is 8.62. The van der Waals surface area contributed by atoms with Crippen molar-refractivity contribution in [1.29, 1.82) is 0 Å². The predicted molar refractivity (Wildman–Crippen MR) is 91.0 cm³/mol. The zero-order chi connectivity index (χ0) is 14.2. The van der Waals surface area contributed by atoms with Gasteiger partial charge in [-0.15, -0.1) is 0 Å². The molecule has 1 heterocycles. The van der Waals surface area contributed by atoms with Crippen LogP contribution in [-0.2, 0) is 0 Å². The molecule has 110 valence electrons. The first-order valence-electron chi connectivity index (χ1n) is 7.52. The highest BCUT2D eigenvalue weighted by Gasteiger charge is 2.09. The first kappa shape index (κ1) is 15.8. The second-order valence-corrected chi connectivity index (χ2v) is 6.62. The van der Waals surface area contributed by atoms with Gasteiger partial charge in [0.2, 0.25) is 0 Å². The van der Waals surface area contributed by atoms with Crippen LogP contribution in [-0.4, -0.2) is 37.0 Å². The second-order valence-electron chi connectivity index (χ2n) is 5.37. The van der Waals surface area contributed by atoms with Crippen LogP contribution in [0.4, 0.5) is 0 Å². The third-order valence-electron chi connectivity index (χ3n) is 3.74. The average Bonchev–Trinajstić information content (AvgIpc) is 2.73. The summed E-state index contributed by atoms with van der Waals surface area (Å²) in [7, 11) is 0. The van der Waals surface area contributed by atoms with Gasteiger partial charge in [0.05, 0.1) is 0 Å². The lowest BCUT2D eigenvalue weighted by Crippen LogP contribution is -2.30. The number of carbonyl (C=O) groups excluding carboxylic acids is 1. The van der Waals surface area contributed by atoms with E-state index in [9.17, 15) is 4.79 Å². The number of hydrogen-bond donors (Lipinski definition) is 1. The molecule has 1 aliphatic rings. The molecular formula is C16H23IN2O. The van der Waals surface area contributed by atoms with Crippen molar-refractivity contribution in [2.45, 2.75) is 32.1 Å². The van der Waals surface area contributed by atoms with Gasteiger partial charge in [-0.05, 0) is 85.8 Å². The Balaban J connectivity index is 1.65. The van der Waals surface area contributed by atoms with E-state index in [-0.39, 0.29) is 5.91 Å². The Labute approximate surface area is 135 Å². The summed E-state index contributed by atoms with van der Waals surface area (Å²) in [6.45, 7) is 4.32. The molecule has 2 rings (SSSR count). The monoisotopic (exact) mass is 386 g/mol. The van der Waals surface area contributed by atoms with Gasteiger partial charge in [-0.25, -0.2) is 0 Å². The van der Waals surface area contributed by atoms with E-state index in [0.29, 0.717) is 0 Å². The summed E-state index contributed by atoms with van der Waals surface area (Å²) in [5.74, 6) is 0.0391. The third kappa shape index (κ3) is 5.40. The smallest absolute Gasteiger partial charge is 0.251 e. The average molecular weight is 386 g/mol. The fraction of sp³-hybridized carbons (Fsp3) is 0.562. The van der Waals surface area contributed by atoms with Crippen LogP contribution >= 0.6 is 22.6 Å². The Morgan fingerprint density at radius 3 is 2.40 bits per heavy atom. The van der Waals surface area contributed by atoms with Crippen LogP contribution in [0.15, 0.2) is 24.3 Å². The number of likely N-dealkylation sites (tertiary alicyclic amines) is 1. The molecule has 0 saturated carbocycles. The summed E-state index contributed by atoms with van der Waals surface area (Å²) in [6.07, 6.45) is 6.44. The summed E-state index contributed by atoms with van der Waals surface area (Å²) >= 11 is 2.25. The van der Waals surface area contributed by atoms with Crippen molar-refractivity contribution in [2.75, 3.05) is 26.2 Å². The van der Waals surface area contributed by atoms with E-state index in [4.69, 9.17) is 0 Å². The van der Waals surface area contributed by atoms with Crippen molar-refractivity contribution in [1.82, 2.24) is 10.2 Å². The zero-order valence-electron chi connectivity index (χ0n) is 11.9. The normalized spacial score (nSPS) is 16.6. The molecule has 1 N–H and O–H groups in total. The van der Waals surface area contributed by atoms with Gasteiger partial charge in [0.1, 0.15) is 0 Å². The highest BCUT2D eigenvalue weighted by molar-refractivity contribution is 14.1. The molecule has 0 radical (unpaired) electrons. The first-order chi connectivity index (χ1) is 9.75. The maximum absolute atomic E-state index is 11.9. The fourth-order valence-electron chi connectivity index (χ4n) is 2.57. The molecule has 0 aromatic heterocycles. The number of carbonyl (C=O) groups is 1. The standard InChI is InChI=1S/C16H23IN2O/c17-15-8-6-14(7-9-15)16(20)18-10-5-13-19-11-3-1-2-4-12-19/h6-9H,1-5,10-13H2,(H,18,20). The molecule has 0 atom stereocenters. The van der Waals surface area contributed by atoms with E-state index in [1.165, 1.54) is 38.8 Å². The maximum Gasteiger partial charge on any atom is 0.251 e. The van der Waals surface area contributed by atoms with E-state index in [0.717, 1.165) is 28.6 Å². The van der Waals surface area contributed by atoms with Crippen molar-refractivity contribution in [3.8, 4) is 0 Å². The number of nitrogens with one attached hydrogen (secondary N) is 1. The van der Waals surface area contributed by atoms with Crippen LogP contribution in [0.1, 0.15) is 42.5 Å². The largest absolute Gasteiger partial charge is 0.352 e. The molecule has 4 heteroatoms. The molecule has 0 bridgehead atoms. The van der Waals surface area contributed by atoms with E-state index < -0.39 is 0 Å². The van der Waals surface area contributed by atoms with Crippen LogP contribution in [0.3, 0.4) is 0 Å². The Kier molecular flexibility index (Phi) is 6.79. The number of rotatable bonds is 5. The highest BCUT2D eigenvalue weighted by atomic mass is 127. The van der Waals surface area contributed by atoms with Crippen LogP contribution in [0.2, 0.25) is 0 Å². The van der Waals surface area contributed by atoms with E-state index in [1.807, 2.05) is 24.3 Å². The minimum atomic E-state index is 0.0391. The number of halogens is 1. The molecule has 1 amide bonds.